The minimum Gasteiger partial charge on any atom is -0.491 e. The summed E-state index contributed by atoms with van der Waals surface area (Å²) in [5, 5.41) is 0. The third kappa shape index (κ3) is 5.04. The van der Waals surface area contributed by atoms with Crippen molar-refractivity contribution in [1.29, 1.82) is 0 Å². The Morgan fingerprint density at radius 2 is 1.89 bits per heavy atom. The Hall–Kier alpha value is -1.10. The van der Waals surface area contributed by atoms with Crippen molar-refractivity contribution in [2.45, 2.75) is 39.3 Å². The van der Waals surface area contributed by atoms with Crippen molar-refractivity contribution in [3.05, 3.63) is 29.8 Å². The maximum atomic E-state index is 5.60. The monoisotopic (exact) mass is 252 g/mol. The molecule has 0 spiro atoms. The van der Waals surface area contributed by atoms with Gasteiger partial charge in [0.1, 0.15) is 5.75 Å². The predicted molar refractivity (Wildman–Crippen MR) is 73.4 cm³/mol. The molecule has 1 aromatic carbocycles. The first-order chi connectivity index (χ1) is 8.67. The molecule has 3 N–H and O–H groups in total. The summed E-state index contributed by atoms with van der Waals surface area (Å²) in [7, 11) is 0. The van der Waals surface area contributed by atoms with Gasteiger partial charge in [0.25, 0.3) is 0 Å². The molecule has 0 aliphatic carbocycles. The van der Waals surface area contributed by atoms with Gasteiger partial charge in [-0.25, -0.2) is 0 Å². The maximum absolute atomic E-state index is 5.60. The molecule has 1 rings (SSSR count). The molecule has 0 heterocycles. The van der Waals surface area contributed by atoms with E-state index >= 15 is 0 Å². The minimum absolute atomic E-state index is 0.115. The number of hydrazine groups is 1. The number of benzene rings is 1. The molecule has 0 amide bonds. The number of nitrogens with two attached hydrogens (primary N) is 1. The summed E-state index contributed by atoms with van der Waals surface area (Å²) < 4.78 is 10.9. The lowest BCUT2D eigenvalue weighted by molar-refractivity contribution is 0.136. The van der Waals surface area contributed by atoms with Crippen LogP contribution in [0.3, 0.4) is 0 Å². The highest BCUT2D eigenvalue weighted by atomic mass is 16.5. The van der Waals surface area contributed by atoms with E-state index in [-0.39, 0.29) is 12.1 Å². The van der Waals surface area contributed by atoms with Crippen LogP contribution in [0.2, 0.25) is 0 Å². The maximum Gasteiger partial charge on any atom is 0.119 e. The summed E-state index contributed by atoms with van der Waals surface area (Å²) in [5.41, 5.74) is 3.96. The SMILES string of the molecule is CCOCCC(NN)c1ccc(OC(C)C)cc1. The van der Waals surface area contributed by atoms with Crippen molar-refractivity contribution >= 4 is 0 Å². The van der Waals surface area contributed by atoms with Crippen LogP contribution in [0.4, 0.5) is 0 Å². The Bertz CT molecular complexity index is 325. The highest BCUT2D eigenvalue weighted by Gasteiger charge is 2.09. The summed E-state index contributed by atoms with van der Waals surface area (Å²) in [6.45, 7) is 7.46. The standard InChI is InChI=1S/C14H24N2O2/c1-4-17-10-9-14(16-15)12-5-7-13(8-6-12)18-11(2)3/h5-8,11,14,16H,4,9-10,15H2,1-3H3. The van der Waals surface area contributed by atoms with E-state index in [2.05, 4.69) is 5.43 Å². The Balaban J connectivity index is 2.57. The van der Waals surface area contributed by atoms with E-state index in [0.717, 1.165) is 24.3 Å². The first kappa shape index (κ1) is 15.0. The summed E-state index contributed by atoms with van der Waals surface area (Å²) >= 11 is 0. The van der Waals surface area contributed by atoms with Gasteiger partial charge in [-0.3, -0.25) is 11.3 Å². The quantitative estimate of drug-likeness (QED) is 0.424. The Morgan fingerprint density at radius 3 is 2.39 bits per heavy atom. The molecule has 0 fully saturated rings. The highest BCUT2D eigenvalue weighted by Crippen LogP contribution is 2.20. The molecule has 1 atom stereocenters. The average Bonchev–Trinajstić information content (AvgIpc) is 2.35. The van der Waals surface area contributed by atoms with Gasteiger partial charge in [-0.2, -0.15) is 0 Å². The molecule has 18 heavy (non-hydrogen) atoms. The van der Waals surface area contributed by atoms with Crippen molar-refractivity contribution in [3.8, 4) is 5.75 Å². The summed E-state index contributed by atoms with van der Waals surface area (Å²) in [6, 6.07) is 8.13. The second kappa shape index (κ2) is 8.08. The van der Waals surface area contributed by atoms with Gasteiger partial charge in [-0.05, 0) is 44.9 Å². The number of rotatable bonds is 8. The molecule has 102 valence electrons. The van der Waals surface area contributed by atoms with Gasteiger partial charge >= 0.3 is 0 Å². The first-order valence-electron chi connectivity index (χ1n) is 6.47. The topological polar surface area (TPSA) is 56.5 Å². The van der Waals surface area contributed by atoms with Gasteiger partial charge in [-0.1, -0.05) is 12.1 Å². The van der Waals surface area contributed by atoms with E-state index in [1.165, 1.54) is 0 Å². The summed E-state index contributed by atoms with van der Waals surface area (Å²) in [4.78, 5) is 0. The fraction of sp³-hybridized carbons (Fsp3) is 0.571. The Labute approximate surface area is 109 Å². The van der Waals surface area contributed by atoms with E-state index < -0.39 is 0 Å². The summed E-state index contributed by atoms with van der Waals surface area (Å²) in [5.74, 6) is 6.45. The molecular formula is C14H24N2O2. The van der Waals surface area contributed by atoms with E-state index in [1.807, 2.05) is 45.0 Å². The number of nitrogens with one attached hydrogen (secondary N) is 1. The van der Waals surface area contributed by atoms with Crippen molar-refractivity contribution in [2.75, 3.05) is 13.2 Å². The van der Waals surface area contributed by atoms with Crippen molar-refractivity contribution in [2.24, 2.45) is 5.84 Å². The second-order valence-electron chi connectivity index (χ2n) is 4.44. The largest absolute Gasteiger partial charge is 0.491 e. The zero-order valence-electron chi connectivity index (χ0n) is 11.5. The molecule has 1 unspecified atom stereocenters. The lowest BCUT2D eigenvalue weighted by atomic mass is 10.0. The molecule has 0 radical (unpaired) electrons. The summed E-state index contributed by atoms with van der Waals surface area (Å²) in [6.07, 6.45) is 1.05. The fourth-order valence-corrected chi connectivity index (χ4v) is 1.74. The molecule has 0 aliphatic heterocycles. The van der Waals surface area contributed by atoms with Gasteiger partial charge in [0.15, 0.2) is 0 Å². The van der Waals surface area contributed by atoms with Crippen molar-refractivity contribution < 1.29 is 9.47 Å². The minimum atomic E-state index is 0.115. The number of hydrogen-bond donors (Lipinski definition) is 2. The van der Waals surface area contributed by atoms with Gasteiger partial charge in [0.2, 0.25) is 0 Å². The predicted octanol–water partition coefficient (Wildman–Crippen LogP) is 2.40. The number of hydrogen-bond acceptors (Lipinski definition) is 4. The Morgan fingerprint density at radius 1 is 1.22 bits per heavy atom. The smallest absolute Gasteiger partial charge is 0.119 e. The molecule has 0 aliphatic rings. The highest BCUT2D eigenvalue weighted by molar-refractivity contribution is 5.29. The van der Waals surface area contributed by atoms with E-state index in [0.29, 0.717) is 6.61 Å². The van der Waals surface area contributed by atoms with E-state index in [1.54, 1.807) is 0 Å². The lowest BCUT2D eigenvalue weighted by Crippen LogP contribution is -2.29. The van der Waals surface area contributed by atoms with Gasteiger partial charge < -0.3 is 9.47 Å². The van der Waals surface area contributed by atoms with E-state index in [4.69, 9.17) is 15.3 Å². The normalized spacial score (nSPS) is 12.7. The average molecular weight is 252 g/mol. The van der Waals surface area contributed by atoms with Crippen LogP contribution < -0.4 is 16.0 Å². The second-order valence-corrected chi connectivity index (χ2v) is 4.44. The van der Waals surface area contributed by atoms with Crippen molar-refractivity contribution in [1.82, 2.24) is 5.43 Å². The molecule has 0 saturated heterocycles. The molecule has 0 aromatic heterocycles. The van der Waals surface area contributed by atoms with Crippen LogP contribution in [0.5, 0.6) is 5.75 Å². The molecule has 4 nitrogen and oxygen atoms in total. The molecule has 0 bridgehead atoms. The van der Waals surface area contributed by atoms with Gasteiger partial charge in [-0.15, -0.1) is 0 Å². The Kier molecular flexibility index (Phi) is 6.72. The van der Waals surface area contributed by atoms with E-state index in [9.17, 15) is 0 Å². The van der Waals surface area contributed by atoms with Crippen LogP contribution in [-0.4, -0.2) is 19.3 Å². The van der Waals surface area contributed by atoms with Crippen LogP contribution in [0.1, 0.15) is 38.8 Å². The van der Waals surface area contributed by atoms with Crippen LogP contribution >= 0.6 is 0 Å². The third-order valence-corrected chi connectivity index (χ3v) is 2.61. The fourth-order valence-electron chi connectivity index (χ4n) is 1.74. The van der Waals surface area contributed by atoms with Crippen LogP contribution in [-0.2, 0) is 4.74 Å². The zero-order chi connectivity index (χ0) is 13.4. The molecular weight excluding hydrogens is 228 g/mol. The van der Waals surface area contributed by atoms with Crippen LogP contribution in [0.25, 0.3) is 0 Å². The van der Waals surface area contributed by atoms with Gasteiger partial charge in [0, 0.05) is 19.3 Å². The zero-order valence-corrected chi connectivity index (χ0v) is 11.5. The molecule has 4 heteroatoms. The van der Waals surface area contributed by atoms with Crippen LogP contribution in [0, 0.1) is 0 Å². The third-order valence-electron chi connectivity index (χ3n) is 2.61. The lowest BCUT2D eigenvalue weighted by Gasteiger charge is -2.17. The van der Waals surface area contributed by atoms with Gasteiger partial charge in [0.05, 0.1) is 6.10 Å². The molecule has 0 saturated carbocycles. The van der Waals surface area contributed by atoms with Crippen molar-refractivity contribution in [3.63, 3.8) is 0 Å². The number of ether oxygens (including phenoxy) is 2. The van der Waals surface area contributed by atoms with Crippen LogP contribution in [0.15, 0.2) is 24.3 Å². The first-order valence-corrected chi connectivity index (χ1v) is 6.47. The molecule has 1 aromatic rings.